The highest BCUT2D eigenvalue weighted by atomic mass is 16.5. The van der Waals surface area contributed by atoms with Gasteiger partial charge in [-0.25, -0.2) is 0 Å². The molecule has 0 aromatic rings. The lowest BCUT2D eigenvalue weighted by molar-refractivity contribution is 0.189. The molecule has 0 fully saturated rings. The molecule has 0 spiro atoms. The molecule has 0 atom stereocenters. The molecule has 0 saturated carbocycles. The van der Waals surface area contributed by atoms with Gasteiger partial charge in [0.2, 0.25) is 0 Å². The van der Waals surface area contributed by atoms with Gasteiger partial charge in [0, 0.05) is 13.7 Å². The molecule has 0 aliphatic carbocycles. The lowest BCUT2D eigenvalue weighted by Crippen LogP contribution is -1.92. The maximum absolute atomic E-state index is 4.89. The van der Waals surface area contributed by atoms with Crippen molar-refractivity contribution in [1.29, 1.82) is 0 Å². The lowest BCUT2D eigenvalue weighted by Gasteiger charge is -2.01. The molecule has 0 aromatic carbocycles. The summed E-state index contributed by atoms with van der Waals surface area (Å²) in [6.07, 6.45) is 3.74. The van der Waals surface area contributed by atoms with Crippen LogP contribution in [0.1, 0.15) is 60.8 Å². The van der Waals surface area contributed by atoms with Crippen molar-refractivity contribution < 1.29 is 4.74 Å². The Labute approximate surface area is 85.9 Å². The zero-order chi connectivity index (χ0) is 11.1. The molecule has 0 amide bonds. The molecule has 0 aliphatic rings. The zero-order valence-corrected chi connectivity index (χ0v) is 10.8. The highest BCUT2D eigenvalue weighted by Gasteiger charge is 1.90. The van der Waals surface area contributed by atoms with Crippen molar-refractivity contribution in [3.63, 3.8) is 0 Å². The minimum atomic E-state index is 0.824. The summed E-state index contributed by atoms with van der Waals surface area (Å²) in [4.78, 5) is 0. The summed E-state index contributed by atoms with van der Waals surface area (Å²) >= 11 is 0. The smallest absolute Gasteiger partial charge is 0.0462 e. The fraction of sp³-hybridized carbons (Fsp3) is 1.00. The summed E-state index contributed by atoms with van der Waals surface area (Å²) in [5.74, 6) is 0.824. The Morgan fingerprint density at radius 3 is 1.69 bits per heavy atom. The molecule has 0 N–H and O–H groups in total. The topological polar surface area (TPSA) is 9.23 Å². The fourth-order valence-electron chi connectivity index (χ4n) is 0.636. The molecular formula is C12H30O. The van der Waals surface area contributed by atoms with Gasteiger partial charge >= 0.3 is 0 Å². The molecular weight excluding hydrogens is 160 g/mol. The van der Waals surface area contributed by atoms with E-state index in [1.165, 1.54) is 19.3 Å². The largest absolute Gasteiger partial charge is 0.385 e. The Morgan fingerprint density at radius 2 is 1.46 bits per heavy atom. The van der Waals surface area contributed by atoms with E-state index in [0.29, 0.717) is 0 Å². The summed E-state index contributed by atoms with van der Waals surface area (Å²) in [7, 11) is 1.75. The van der Waals surface area contributed by atoms with Crippen molar-refractivity contribution in [2.75, 3.05) is 13.7 Å². The molecule has 0 saturated heterocycles. The van der Waals surface area contributed by atoms with E-state index in [1.54, 1.807) is 7.11 Å². The van der Waals surface area contributed by atoms with E-state index in [2.05, 4.69) is 27.7 Å². The number of hydrogen-bond acceptors (Lipinski definition) is 1. The molecule has 1 heteroatoms. The fourth-order valence-corrected chi connectivity index (χ4v) is 0.636. The highest BCUT2D eigenvalue weighted by Crippen LogP contribution is 2.02. The second-order valence-electron chi connectivity index (χ2n) is 3.24. The quantitative estimate of drug-likeness (QED) is 0.593. The van der Waals surface area contributed by atoms with E-state index >= 15 is 0 Å². The van der Waals surface area contributed by atoms with Crippen LogP contribution in [0, 0.1) is 5.92 Å². The van der Waals surface area contributed by atoms with E-state index in [1.807, 2.05) is 13.8 Å². The molecule has 0 radical (unpaired) electrons. The van der Waals surface area contributed by atoms with Crippen LogP contribution in [-0.2, 0) is 4.74 Å². The first-order chi connectivity index (χ1) is 6.18. The summed E-state index contributed by atoms with van der Waals surface area (Å²) in [6.45, 7) is 13.6. The van der Waals surface area contributed by atoms with Crippen molar-refractivity contribution in [3.8, 4) is 0 Å². The monoisotopic (exact) mass is 190 g/mol. The molecule has 84 valence electrons. The van der Waals surface area contributed by atoms with Gasteiger partial charge in [0.1, 0.15) is 0 Å². The summed E-state index contributed by atoms with van der Waals surface area (Å²) < 4.78 is 4.89. The highest BCUT2D eigenvalue weighted by molar-refractivity contribution is 4.43. The first kappa shape index (κ1) is 18.7. The first-order valence-corrected chi connectivity index (χ1v) is 5.67. The van der Waals surface area contributed by atoms with Gasteiger partial charge in [0.05, 0.1) is 0 Å². The number of ether oxygens (including phenoxy) is 1. The molecule has 13 heavy (non-hydrogen) atoms. The van der Waals surface area contributed by atoms with Gasteiger partial charge in [-0.1, -0.05) is 48.0 Å². The van der Waals surface area contributed by atoms with Crippen LogP contribution in [0.15, 0.2) is 0 Å². The average molecular weight is 190 g/mol. The summed E-state index contributed by atoms with van der Waals surface area (Å²) in [5.41, 5.74) is 0. The van der Waals surface area contributed by atoms with Crippen LogP contribution in [0.5, 0.6) is 0 Å². The van der Waals surface area contributed by atoms with Crippen molar-refractivity contribution in [1.82, 2.24) is 0 Å². The van der Waals surface area contributed by atoms with Crippen LogP contribution in [-0.4, -0.2) is 13.7 Å². The zero-order valence-electron chi connectivity index (χ0n) is 10.8. The van der Waals surface area contributed by atoms with Crippen molar-refractivity contribution >= 4 is 0 Å². The Balaban J connectivity index is -0.000000169. The number of rotatable bonds is 4. The Hall–Kier alpha value is -0.0400. The van der Waals surface area contributed by atoms with Crippen LogP contribution in [0.25, 0.3) is 0 Å². The molecule has 0 heterocycles. The van der Waals surface area contributed by atoms with Gasteiger partial charge in [0.15, 0.2) is 0 Å². The van der Waals surface area contributed by atoms with Crippen LogP contribution in [0.2, 0.25) is 0 Å². The minimum absolute atomic E-state index is 0.824. The van der Waals surface area contributed by atoms with Crippen molar-refractivity contribution in [2.45, 2.75) is 60.8 Å². The number of methoxy groups -OCH3 is 1. The van der Waals surface area contributed by atoms with Gasteiger partial charge in [-0.2, -0.15) is 0 Å². The minimum Gasteiger partial charge on any atom is -0.385 e. The number of hydrogen-bond donors (Lipinski definition) is 0. The molecule has 0 aliphatic heterocycles. The lowest BCUT2D eigenvalue weighted by atomic mass is 10.1. The normalized spacial score (nSPS) is 8.31. The third kappa shape index (κ3) is 48.2. The van der Waals surface area contributed by atoms with Gasteiger partial charge in [-0.05, 0) is 18.8 Å². The Bertz CT molecular complexity index is 51.1. The summed E-state index contributed by atoms with van der Waals surface area (Å²) in [5, 5.41) is 0. The maximum atomic E-state index is 4.89. The predicted molar refractivity (Wildman–Crippen MR) is 63.3 cm³/mol. The third-order valence-electron chi connectivity index (χ3n) is 1.13. The molecule has 0 aromatic heterocycles. The van der Waals surface area contributed by atoms with Gasteiger partial charge in [-0.15, -0.1) is 0 Å². The van der Waals surface area contributed by atoms with Crippen molar-refractivity contribution in [3.05, 3.63) is 0 Å². The molecule has 0 unspecified atom stereocenters. The van der Waals surface area contributed by atoms with Crippen LogP contribution in [0.4, 0.5) is 0 Å². The van der Waals surface area contributed by atoms with E-state index in [9.17, 15) is 0 Å². The third-order valence-corrected chi connectivity index (χ3v) is 1.13. The molecule has 1 nitrogen and oxygen atoms in total. The Kier molecular flexibility index (Phi) is 32.6. The SMILES string of the molecule is CC.CCC.COCCCC(C)C. The van der Waals surface area contributed by atoms with Crippen LogP contribution < -0.4 is 0 Å². The van der Waals surface area contributed by atoms with Crippen LogP contribution >= 0.6 is 0 Å². The second kappa shape index (κ2) is 22.7. The first-order valence-electron chi connectivity index (χ1n) is 5.67. The average Bonchev–Trinajstić information content (AvgIpc) is 2.09. The van der Waals surface area contributed by atoms with E-state index in [-0.39, 0.29) is 0 Å². The second-order valence-corrected chi connectivity index (χ2v) is 3.24. The predicted octanol–water partition coefficient (Wildman–Crippen LogP) is 4.51. The van der Waals surface area contributed by atoms with E-state index in [0.717, 1.165) is 12.5 Å². The standard InChI is InChI=1S/C7H16O.C3H8.C2H6/c1-7(2)5-4-6-8-3;1-3-2;1-2/h7H,4-6H2,1-3H3;3H2,1-2H3;1-2H3. The van der Waals surface area contributed by atoms with E-state index in [4.69, 9.17) is 4.74 Å². The van der Waals surface area contributed by atoms with Crippen molar-refractivity contribution in [2.24, 2.45) is 5.92 Å². The van der Waals surface area contributed by atoms with E-state index < -0.39 is 0 Å². The summed E-state index contributed by atoms with van der Waals surface area (Å²) in [6, 6.07) is 0. The van der Waals surface area contributed by atoms with Gasteiger partial charge in [-0.3, -0.25) is 0 Å². The molecule has 0 bridgehead atoms. The maximum Gasteiger partial charge on any atom is 0.0462 e. The molecule has 0 rings (SSSR count). The van der Waals surface area contributed by atoms with Crippen LogP contribution in [0.3, 0.4) is 0 Å². The Morgan fingerprint density at radius 1 is 1.08 bits per heavy atom. The van der Waals surface area contributed by atoms with Gasteiger partial charge < -0.3 is 4.74 Å². The van der Waals surface area contributed by atoms with Gasteiger partial charge in [0.25, 0.3) is 0 Å².